The fourth-order valence-corrected chi connectivity index (χ4v) is 2.71. The van der Waals surface area contributed by atoms with Crippen molar-refractivity contribution in [2.75, 3.05) is 19.1 Å². The molecular formula is C13H21NO3S. The topological polar surface area (TPSA) is 55.4 Å². The van der Waals surface area contributed by atoms with Crippen LogP contribution in [0, 0.1) is 0 Å². The second-order valence-corrected chi connectivity index (χ2v) is 6.82. The van der Waals surface area contributed by atoms with E-state index in [1.54, 1.807) is 7.05 Å². The molecule has 0 aliphatic rings. The predicted molar refractivity (Wildman–Crippen MR) is 73.7 cm³/mol. The highest BCUT2D eigenvalue weighted by Gasteiger charge is 2.19. The largest absolute Gasteiger partial charge is 0.491 e. The maximum atomic E-state index is 11.4. The normalized spacial score (nSPS) is 13.6. The molecule has 102 valence electrons. The summed E-state index contributed by atoms with van der Waals surface area (Å²) in [6, 6.07) is 7.27. The number of rotatable bonds is 6. The molecule has 1 rings (SSSR count). The Hall–Kier alpha value is -1.07. The molecule has 0 fully saturated rings. The van der Waals surface area contributed by atoms with E-state index in [0.29, 0.717) is 0 Å². The van der Waals surface area contributed by atoms with Crippen molar-refractivity contribution < 1.29 is 13.2 Å². The van der Waals surface area contributed by atoms with Gasteiger partial charge in [-0.2, -0.15) is 0 Å². The molecule has 0 saturated heterocycles. The summed E-state index contributed by atoms with van der Waals surface area (Å²) < 4.78 is 28.6. The standard InChI is InChI=1S/C13H21NO3S/c1-10(2)17-13-8-6-5-7-11(13)12(14-3)9-18(4,15)16/h5-8,10,12,14H,9H2,1-4H3. The van der Waals surface area contributed by atoms with Gasteiger partial charge < -0.3 is 10.1 Å². The van der Waals surface area contributed by atoms with Gasteiger partial charge in [0.2, 0.25) is 0 Å². The molecule has 0 amide bonds. The Morgan fingerprint density at radius 2 is 1.89 bits per heavy atom. The van der Waals surface area contributed by atoms with Gasteiger partial charge in [0.15, 0.2) is 0 Å². The van der Waals surface area contributed by atoms with Gasteiger partial charge in [0.1, 0.15) is 15.6 Å². The second-order valence-electron chi connectivity index (χ2n) is 4.64. The summed E-state index contributed by atoms with van der Waals surface area (Å²) in [5.41, 5.74) is 0.874. The average Bonchev–Trinajstić information content (AvgIpc) is 2.25. The molecule has 1 N–H and O–H groups in total. The number of hydrogen-bond acceptors (Lipinski definition) is 4. The number of para-hydroxylation sites is 1. The molecule has 0 aliphatic carbocycles. The first-order valence-electron chi connectivity index (χ1n) is 5.94. The molecule has 0 bridgehead atoms. The summed E-state index contributed by atoms with van der Waals surface area (Å²) in [5, 5.41) is 3.03. The second kappa shape index (κ2) is 6.20. The Balaban J connectivity index is 3.05. The molecule has 0 aliphatic heterocycles. The smallest absolute Gasteiger partial charge is 0.149 e. The van der Waals surface area contributed by atoms with Gasteiger partial charge in [-0.05, 0) is 27.0 Å². The zero-order chi connectivity index (χ0) is 13.8. The molecule has 4 nitrogen and oxygen atoms in total. The van der Waals surface area contributed by atoms with E-state index in [1.165, 1.54) is 6.26 Å². The van der Waals surface area contributed by atoms with Crippen LogP contribution in [0.4, 0.5) is 0 Å². The first-order valence-corrected chi connectivity index (χ1v) is 8.00. The van der Waals surface area contributed by atoms with Gasteiger partial charge in [0.25, 0.3) is 0 Å². The third-order valence-corrected chi connectivity index (χ3v) is 3.41. The van der Waals surface area contributed by atoms with Crippen LogP contribution in [-0.4, -0.2) is 33.6 Å². The van der Waals surface area contributed by atoms with Crippen LogP contribution >= 0.6 is 0 Å². The molecule has 1 aromatic rings. The monoisotopic (exact) mass is 271 g/mol. The highest BCUT2D eigenvalue weighted by Crippen LogP contribution is 2.26. The number of hydrogen-bond donors (Lipinski definition) is 1. The summed E-state index contributed by atoms with van der Waals surface area (Å²) in [6.07, 6.45) is 1.30. The van der Waals surface area contributed by atoms with Crippen molar-refractivity contribution >= 4 is 9.84 Å². The van der Waals surface area contributed by atoms with E-state index in [2.05, 4.69) is 5.32 Å². The van der Waals surface area contributed by atoms with Crippen LogP contribution in [0.3, 0.4) is 0 Å². The fourth-order valence-electron chi connectivity index (χ4n) is 1.76. The minimum absolute atomic E-state index is 0.0573. The van der Waals surface area contributed by atoms with E-state index in [9.17, 15) is 8.42 Å². The van der Waals surface area contributed by atoms with E-state index >= 15 is 0 Å². The Bertz CT molecular complexity index is 483. The van der Waals surface area contributed by atoms with Crippen molar-refractivity contribution in [2.24, 2.45) is 0 Å². The van der Waals surface area contributed by atoms with Gasteiger partial charge in [-0.3, -0.25) is 0 Å². The molecule has 0 saturated carbocycles. The van der Waals surface area contributed by atoms with Crippen LogP contribution < -0.4 is 10.1 Å². The lowest BCUT2D eigenvalue weighted by molar-refractivity contribution is 0.238. The van der Waals surface area contributed by atoms with Gasteiger partial charge in [0.05, 0.1) is 11.9 Å². The van der Waals surface area contributed by atoms with Crippen LogP contribution in [-0.2, 0) is 9.84 Å². The molecule has 0 radical (unpaired) electrons. The molecule has 5 heteroatoms. The van der Waals surface area contributed by atoms with Gasteiger partial charge in [-0.15, -0.1) is 0 Å². The summed E-state index contributed by atoms with van der Waals surface area (Å²) in [6.45, 7) is 3.89. The maximum Gasteiger partial charge on any atom is 0.149 e. The Kier molecular flexibility index (Phi) is 5.16. The van der Waals surface area contributed by atoms with E-state index in [1.807, 2.05) is 38.1 Å². The zero-order valence-electron chi connectivity index (χ0n) is 11.3. The number of nitrogens with one attached hydrogen (secondary N) is 1. The zero-order valence-corrected chi connectivity index (χ0v) is 12.1. The first kappa shape index (κ1) is 15.0. The van der Waals surface area contributed by atoms with E-state index in [4.69, 9.17) is 4.74 Å². The highest BCUT2D eigenvalue weighted by atomic mass is 32.2. The van der Waals surface area contributed by atoms with Crippen LogP contribution in [0.15, 0.2) is 24.3 Å². The average molecular weight is 271 g/mol. The van der Waals surface area contributed by atoms with Gasteiger partial charge in [-0.25, -0.2) is 8.42 Å². The van der Waals surface area contributed by atoms with Crippen LogP contribution in [0.5, 0.6) is 5.75 Å². The van der Waals surface area contributed by atoms with Gasteiger partial charge >= 0.3 is 0 Å². The molecule has 1 aromatic carbocycles. The minimum atomic E-state index is -3.05. The Labute approximate surface area is 109 Å². The quantitative estimate of drug-likeness (QED) is 0.857. The molecular weight excluding hydrogens is 250 g/mol. The molecule has 0 spiro atoms. The van der Waals surface area contributed by atoms with Crippen molar-refractivity contribution in [1.29, 1.82) is 0 Å². The lowest BCUT2D eigenvalue weighted by Gasteiger charge is -2.20. The maximum absolute atomic E-state index is 11.4. The summed E-state index contributed by atoms with van der Waals surface area (Å²) in [4.78, 5) is 0. The summed E-state index contributed by atoms with van der Waals surface area (Å²) in [5.74, 6) is 0.789. The lowest BCUT2D eigenvalue weighted by atomic mass is 10.1. The summed E-state index contributed by atoms with van der Waals surface area (Å²) in [7, 11) is -1.29. The van der Waals surface area contributed by atoms with E-state index in [0.717, 1.165) is 11.3 Å². The first-order chi connectivity index (χ1) is 8.33. The third-order valence-electron chi connectivity index (χ3n) is 2.47. The third kappa shape index (κ3) is 4.66. The molecule has 1 unspecified atom stereocenters. The Morgan fingerprint density at radius 1 is 1.28 bits per heavy atom. The number of ether oxygens (including phenoxy) is 1. The van der Waals surface area contributed by atoms with E-state index in [-0.39, 0.29) is 17.9 Å². The molecule has 1 atom stereocenters. The van der Waals surface area contributed by atoms with Gasteiger partial charge in [-0.1, -0.05) is 18.2 Å². The molecule has 0 aromatic heterocycles. The van der Waals surface area contributed by atoms with Crippen molar-refractivity contribution in [2.45, 2.75) is 26.0 Å². The molecule has 18 heavy (non-hydrogen) atoms. The van der Waals surface area contributed by atoms with Crippen molar-refractivity contribution in [3.63, 3.8) is 0 Å². The van der Waals surface area contributed by atoms with Gasteiger partial charge in [0, 0.05) is 17.9 Å². The summed E-state index contributed by atoms with van der Waals surface area (Å²) >= 11 is 0. The van der Waals surface area contributed by atoms with Crippen LogP contribution in [0.1, 0.15) is 25.5 Å². The highest BCUT2D eigenvalue weighted by molar-refractivity contribution is 7.90. The Morgan fingerprint density at radius 3 is 2.39 bits per heavy atom. The molecule has 0 heterocycles. The predicted octanol–water partition coefficient (Wildman–Crippen LogP) is 1.78. The fraction of sp³-hybridized carbons (Fsp3) is 0.538. The van der Waals surface area contributed by atoms with E-state index < -0.39 is 9.84 Å². The van der Waals surface area contributed by atoms with Crippen molar-refractivity contribution in [3.8, 4) is 5.75 Å². The van der Waals surface area contributed by atoms with Crippen LogP contribution in [0.25, 0.3) is 0 Å². The lowest BCUT2D eigenvalue weighted by Crippen LogP contribution is -2.25. The number of sulfone groups is 1. The SMILES string of the molecule is CNC(CS(C)(=O)=O)c1ccccc1OC(C)C. The van der Waals surface area contributed by atoms with Crippen molar-refractivity contribution in [3.05, 3.63) is 29.8 Å². The number of benzene rings is 1. The van der Waals surface area contributed by atoms with Crippen LogP contribution in [0.2, 0.25) is 0 Å². The minimum Gasteiger partial charge on any atom is -0.491 e. The van der Waals surface area contributed by atoms with Crippen molar-refractivity contribution in [1.82, 2.24) is 5.32 Å².